The third kappa shape index (κ3) is 3.60. The highest BCUT2D eigenvalue weighted by atomic mass is 32.1. The Morgan fingerprint density at radius 1 is 1.27 bits per heavy atom. The van der Waals surface area contributed by atoms with Gasteiger partial charge in [-0.15, -0.1) is 16.4 Å². The van der Waals surface area contributed by atoms with Crippen LogP contribution in [0.5, 0.6) is 5.75 Å². The first-order chi connectivity index (χ1) is 12.7. The van der Waals surface area contributed by atoms with Crippen LogP contribution >= 0.6 is 23.6 Å². The van der Waals surface area contributed by atoms with E-state index in [0.717, 1.165) is 29.6 Å². The number of quaternary nitrogens is 1. The molecule has 0 saturated heterocycles. The van der Waals surface area contributed by atoms with E-state index in [1.54, 1.807) is 18.4 Å². The van der Waals surface area contributed by atoms with Gasteiger partial charge in [0.15, 0.2) is 12.5 Å². The number of hydrogen-bond acceptors (Lipinski definition) is 4. The summed E-state index contributed by atoms with van der Waals surface area (Å²) in [5, 5.41) is 6.96. The predicted octanol–water partition coefficient (Wildman–Crippen LogP) is 3.16. The van der Waals surface area contributed by atoms with E-state index in [-0.39, 0.29) is 0 Å². The second-order valence-electron chi connectivity index (χ2n) is 6.82. The van der Waals surface area contributed by atoms with Crippen molar-refractivity contribution in [2.75, 3.05) is 14.2 Å². The molecular formula is C19H23N4OS2+. The second kappa shape index (κ2) is 7.34. The summed E-state index contributed by atoms with van der Waals surface area (Å²) in [5.74, 6) is 1.90. The average Bonchev–Trinajstić information content (AvgIpc) is 3.22. The van der Waals surface area contributed by atoms with E-state index >= 15 is 0 Å². The van der Waals surface area contributed by atoms with Crippen molar-refractivity contribution in [3.63, 3.8) is 0 Å². The lowest BCUT2D eigenvalue weighted by Crippen LogP contribution is -3.07. The molecular weight excluding hydrogens is 364 g/mol. The summed E-state index contributed by atoms with van der Waals surface area (Å²) in [4.78, 5) is 2.53. The molecule has 0 amide bonds. The minimum atomic E-state index is 0.523. The third-order valence-electron chi connectivity index (χ3n) is 4.61. The van der Waals surface area contributed by atoms with Crippen LogP contribution in [0.25, 0.3) is 10.7 Å². The quantitative estimate of drug-likeness (QED) is 0.633. The Morgan fingerprint density at radius 2 is 2.04 bits per heavy atom. The van der Waals surface area contributed by atoms with Gasteiger partial charge in [-0.3, -0.25) is 4.57 Å². The molecule has 1 saturated carbocycles. The van der Waals surface area contributed by atoms with Gasteiger partial charge in [-0.05, 0) is 60.8 Å². The maximum Gasteiger partial charge on any atom is 0.203 e. The molecule has 0 radical (unpaired) electrons. The number of methoxy groups -OCH3 is 1. The number of nitrogens with zero attached hydrogens (tertiary/aromatic N) is 3. The number of rotatable bonds is 7. The Labute approximate surface area is 162 Å². The van der Waals surface area contributed by atoms with Crippen molar-refractivity contribution < 1.29 is 9.64 Å². The van der Waals surface area contributed by atoms with Crippen LogP contribution in [0.2, 0.25) is 0 Å². The summed E-state index contributed by atoms with van der Waals surface area (Å²) in [7, 11) is 3.86. The summed E-state index contributed by atoms with van der Waals surface area (Å²) < 4.78 is 10.3. The zero-order valence-electron chi connectivity index (χ0n) is 15.0. The molecule has 2 aromatic heterocycles. The zero-order valence-corrected chi connectivity index (χ0v) is 16.6. The predicted molar refractivity (Wildman–Crippen MR) is 106 cm³/mol. The monoisotopic (exact) mass is 387 g/mol. The van der Waals surface area contributed by atoms with Gasteiger partial charge in [-0.25, -0.2) is 0 Å². The molecule has 1 N–H and O–H groups in total. The lowest BCUT2D eigenvalue weighted by Gasteiger charge is -2.14. The van der Waals surface area contributed by atoms with Crippen molar-refractivity contribution in [3.05, 3.63) is 52.1 Å². The molecule has 0 bridgehead atoms. The Hall–Kier alpha value is -1.96. The minimum absolute atomic E-state index is 0.523. The SMILES string of the molecule is COc1ccc(C[NH+](C)Cn2nc(-c3cccs3)n(C3CC3)c2=S)cc1. The van der Waals surface area contributed by atoms with E-state index in [2.05, 4.69) is 41.3 Å². The fraction of sp³-hybridized carbons (Fsp3) is 0.368. The normalized spacial score (nSPS) is 15.2. The number of aromatic nitrogens is 3. The van der Waals surface area contributed by atoms with Crippen molar-refractivity contribution in [1.29, 1.82) is 0 Å². The number of benzene rings is 1. The molecule has 0 aliphatic heterocycles. The molecule has 1 aliphatic carbocycles. The van der Waals surface area contributed by atoms with Crippen LogP contribution in [0.4, 0.5) is 0 Å². The van der Waals surface area contributed by atoms with Crippen LogP contribution in [0.3, 0.4) is 0 Å². The zero-order chi connectivity index (χ0) is 18.1. The Kier molecular flexibility index (Phi) is 4.93. The van der Waals surface area contributed by atoms with E-state index in [9.17, 15) is 0 Å². The van der Waals surface area contributed by atoms with Crippen LogP contribution in [0.15, 0.2) is 41.8 Å². The van der Waals surface area contributed by atoms with E-state index < -0.39 is 0 Å². The van der Waals surface area contributed by atoms with E-state index in [4.69, 9.17) is 22.1 Å². The van der Waals surface area contributed by atoms with Gasteiger partial charge in [0.05, 0.1) is 19.0 Å². The van der Waals surface area contributed by atoms with Gasteiger partial charge in [-0.2, -0.15) is 4.68 Å². The summed E-state index contributed by atoms with van der Waals surface area (Å²) in [6.07, 6.45) is 2.40. The summed E-state index contributed by atoms with van der Waals surface area (Å²) >= 11 is 7.48. The molecule has 136 valence electrons. The molecule has 1 atom stereocenters. The van der Waals surface area contributed by atoms with Crippen molar-refractivity contribution >= 4 is 23.6 Å². The first kappa shape index (κ1) is 17.5. The van der Waals surface area contributed by atoms with E-state index in [1.807, 2.05) is 16.8 Å². The fourth-order valence-electron chi connectivity index (χ4n) is 3.16. The van der Waals surface area contributed by atoms with Crippen LogP contribution < -0.4 is 9.64 Å². The van der Waals surface area contributed by atoms with Gasteiger partial charge in [-0.1, -0.05) is 6.07 Å². The van der Waals surface area contributed by atoms with Gasteiger partial charge < -0.3 is 9.64 Å². The highest BCUT2D eigenvalue weighted by Gasteiger charge is 2.29. The van der Waals surface area contributed by atoms with Gasteiger partial charge in [0.2, 0.25) is 4.77 Å². The maximum atomic E-state index is 5.76. The molecule has 1 aliphatic rings. The number of ether oxygens (including phenoxy) is 1. The average molecular weight is 388 g/mol. The van der Waals surface area contributed by atoms with E-state index in [0.29, 0.717) is 6.04 Å². The number of thiophene rings is 1. The van der Waals surface area contributed by atoms with Crippen molar-refractivity contribution in [3.8, 4) is 16.5 Å². The van der Waals surface area contributed by atoms with Crippen LogP contribution in [-0.4, -0.2) is 28.5 Å². The third-order valence-corrected chi connectivity index (χ3v) is 5.88. The molecule has 1 aromatic carbocycles. The maximum absolute atomic E-state index is 5.76. The molecule has 26 heavy (non-hydrogen) atoms. The van der Waals surface area contributed by atoms with Gasteiger partial charge in [0.1, 0.15) is 12.3 Å². The second-order valence-corrected chi connectivity index (χ2v) is 8.14. The molecule has 7 heteroatoms. The standard InChI is InChI=1S/C19H22N4OS2/c1-21(12-14-5-9-16(24-2)10-6-14)13-22-19(25)23(15-7-8-15)18(20-22)17-4-3-11-26-17/h3-6,9-11,15H,7-8,12-13H2,1-2H3/p+1. The summed E-state index contributed by atoms with van der Waals surface area (Å²) in [6, 6.07) is 13.0. The van der Waals surface area contributed by atoms with Gasteiger partial charge in [0.25, 0.3) is 0 Å². The van der Waals surface area contributed by atoms with Crippen LogP contribution in [0, 0.1) is 4.77 Å². The summed E-state index contributed by atoms with van der Waals surface area (Å²) in [5.41, 5.74) is 1.27. The Bertz CT molecular complexity index is 924. The number of nitrogens with one attached hydrogen (secondary N) is 1. The Morgan fingerprint density at radius 3 is 2.65 bits per heavy atom. The molecule has 2 heterocycles. The smallest absolute Gasteiger partial charge is 0.203 e. The topological polar surface area (TPSA) is 36.4 Å². The fourth-order valence-corrected chi connectivity index (χ4v) is 4.21. The molecule has 0 spiro atoms. The first-order valence-electron chi connectivity index (χ1n) is 8.83. The van der Waals surface area contributed by atoms with Crippen LogP contribution in [-0.2, 0) is 13.2 Å². The molecule has 5 nitrogen and oxygen atoms in total. The molecule has 1 fully saturated rings. The largest absolute Gasteiger partial charge is 0.497 e. The van der Waals surface area contributed by atoms with E-state index in [1.165, 1.54) is 28.2 Å². The van der Waals surface area contributed by atoms with Crippen LogP contribution in [0.1, 0.15) is 24.4 Å². The van der Waals surface area contributed by atoms with Crippen molar-refractivity contribution in [2.45, 2.75) is 32.1 Å². The summed E-state index contributed by atoms with van der Waals surface area (Å²) in [6.45, 7) is 1.67. The minimum Gasteiger partial charge on any atom is -0.497 e. The first-order valence-corrected chi connectivity index (χ1v) is 10.1. The highest BCUT2D eigenvalue weighted by Crippen LogP contribution is 2.39. The number of hydrogen-bond donors (Lipinski definition) is 1. The lowest BCUT2D eigenvalue weighted by atomic mass is 10.2. The highest BCUT2D eigenvalue weighted by molar-refractivity contribution is 7.71. The lowest BCUT2D eigenvalue weighted by molar-refractivity contribution is -0.917. The van der Waals surface area contributed by atoms with Crippen molar-refractivity contribution in [2.24, 2.45) is 0 Å². The van der Waals surface area contributed by atoms with Gasteiger partial charge >= 0.3 is 0 Å². The molecule has 4 rings (SSSR count). The van der Waals surface area contributed by atoms with Gasteiger partial charge in [0, 0.05) is 11.6 Å². The Balaban J connectivity index is 1.54. The molecule has 3 aromatic rings. The molecule has 1 unspecified atom stereocenters. The van der Waals surface area contributed by atoms with Crippen molar-refractivity contribution in [1.82, 2.24) is 14.3 Å².